The van der Waals surface area contributed by atoms with E-state index in [1.54, 1.807) is 6.07 Å². The molecule has 1 saturated heterocycles. The minimum absolute atomic E-state index is 0.261. The first-order valence-corrected chi connectivity index (χ1v) is 10.5. The molecule has 0 aliphatic carbocycles. The Kier molecular flexibility index (Phi) is 5.01. The Morgan fingerprint density at radius 3 is 2.64 bits per heavy atom. The highest BCUT2D eigenvalue weighted by molar-refractivity contribution is 8.19. The van der Waals surface area contributed by atoms with E-state index >= 15 is 0 Å². The molecule has 2 heterocycles. The van der Waals surface area contributed by atoms with Gasteiger partial charge in [0.15, 0.2) is 0 Å². The molecule has 2 aliphatic rings. The van der Waals surface area contributed by atoms with Gasteiger partial charge in [0.1, 0.15) is 5.82 Å². The number of anilines is 1. The first kappa shape index (κ1) is 16.9. The van der Waals surface area contributed by atoms with Crippen molar-refractivity contribution >= 4 is 35.1 Å². The Labute approximate surface area is 155 Å². The second kappa shape index (κ2) is 7.40. The molecule has 25 heavy (non-hydrogen) atoms. The molecule has 1 fully saturated rings. The van der Waals surface area contributed by atoms with Gasteiger partial charge in [-0.2, -0.15) is 0 Å². The number of nitrogens with one attached hydrogen (secondary N) is 2. The molecule has 3 nitrogen and oxygen atoms in total. The van der Waals surface area contributed by atoms with Crippen molar-refractivity contribution in [2.45, 2.75) is 17.5 Å². The maximum Gasteiger partial charge on any atom is 0.255 e. The van der Waals surface area contributed by atoms with Crippen LogP contribution in [0, 0.1) is 5.82 Å². The molecule has 2 N–H and O–H groups in total. The summed E-state index contributed by atoms with van der Waals surface area (Å²) in [7, 11) is 0. The van der Waals surface area contributed by atoms with Crippen molar-refractivity contribution in [3.8, 4) is 0 Å². The highest BCUT2D eigenvalue weighted by Gasteiger charge is 2.20. The van der Waals surface area contributed by atoms with Crippen molar-refractivity contribution in [3.63, 3.8) is 0 Å². The molecule has 0 spiro atoms. The summed E-state index contributed by atoms with van der Waals surface area (Å²) in [5, 5.41) is 5.95. The molecule has 0 bridgehead atoms. The van der Waals surface area contributed by atoms with Gasteiger partial charge in [0, 0.05) is 23.6 Å². The number of carbonyl (C=O) groups excluding carboxylic acids is 1. The van der Waals surface area contributed by atoms with Crippen LogP contribution in [0.4, 0.5) is 10.1 Å². The van der Waals surface area contributed by atoms with Gasteiger partial charge in [0.25, 0.3) is 5.91 Å². The smallest absolute Gasteiger partial charge is 0.255 e. The zero-order chi connectivity index (χ0) is 17.2. The molecule has 0 unspecified atom stereocenters. The summed E-state index contributed by atoms with van der Waals surface area (Å²) in [6.45, 7) is 1.44. The van der Waals surface area contributed by atoms with E-state index in [-0.39, 0.29) is 17.4 Å². The Hall–Kier alpha value is -1.50. The van der Waals surface area contributed by atoms with Crippen LogP contribution in [0.2, 0.25) is 0 Å². The lowest BCUT2D eigenvalue weighted by molar-refractivity contribution is 0.102. The minimum Gasteiger partial charge on any atom is -0.319 e. The first-order chi connectivity index (χ1) is 12.2. The standard InChI is InChI=1S/C19H19FN2OS2/c20-17-15-7-8-21-11-14(15)5-6-16(17)22-18(23)12-1-3-13(4-2-12)19-24-9-10-25-19/h1-6,19,21H,7-11H2,(H,22,23). The van der Waals surface area contributed by atoms with Gasteiger partial charge in [-0.05, 0) is 47.9 Å². The van der Waals surface area contributed by atoms with Crippen molar-refractivity contribution in [1.82, 2.24) is 5.32 Å². The summed E-state index contributed by atoms with van der Waals surface area (Å²) in [5.74, 6) is 1.77. The van der Waals surface area contributed by atoms with Crippen molar-refractivity contribution in [1.29, 1.82) is 0 Å². The van der Waals surface area contributed by atoms with Crippen LogP contribution >= 0.6 is 23.5 Å². The number of halogens is 1. The lowest BCUT2D eigenvalue weighted by atomic mass is 9.99. The Balaban J connectivity index is 1.50. The maximum atomic E-state index is 14.7. The van der Waals surface area contributed by atoms with Gasteiger partial charge in [0.05, 0.1) is 10.3 Å². The van der Waals surface area contributed by atoms with Gasteiger partial charge >= 0.3 is 0 Å². The van der Waals surface area contributed by atoms with Crippen LogP contribution in [-0.4, -0.2) is 24.0 Å². The van der Waals surface area contributed by atoms with Crippen LogP contribution in [0.3, 0.4) is 0 Å². The summed E-state index contributed by atoms with van der Waals surface area (Å²) < 4.78 is 15.1. The van der Waals surface area contributed by atoms with E-state index < -0.39 is 0 Å². The number of carbonyl (C=O) groups is 1. The number of fused-ring (bicyclic) bond motifs is 1. The average molecular weight is 375 g/mol. The van der Waals surface area contributed by atoms with Gasteiger partial charge in [-0.3, -0.25) is 4.79 Å². The number of amides is 1. The number of hydrogen-bond donors (Lipinski definition) is 2. The van der Waals surface area contributed by atoms with Crippen molar-refractivity contribution < 1.29 is 9.18 Å². The van der Waals surface area contributed by atoms with E-state index in [4.69, 9.17) is 0 Å². The highest BCUT2D eigenvalue weighted by atomic mass is 32.2. The van der Waals surface area contributed by atoms with Gasteiger partial charge in [0.2, 0.25) is 0 Å². The molecule has 1 amide bonds. The first-order valence-electron chi connectivity index (χ1n) is 8.38. The summed E-state index contributed by atoms with van der Waals surface area (Å²) in [4.78, 5) is 12.5. The van der Waals surface area contributed by atoms with E-state index in [0.29, 0.717) is 28.7 Å². The topological polar surface area (TPSA) is 41.1 Å². The molecular formula is C19H19FN2OS2. The number of hydrogen-bond acceptors (Lipinski definition) is 4. The van der Waals surface area contributed by atoms with Crippen LogP contribution in [0.15, 0.2) is 36.4 Å². The van der Waals surface area contributed by atoms with E-state index in [2.05, 4.69) is 10.6 Å². The molecule has 2 aromatic rings. The Morgan fingerprint density at radius 2 is 1.88 bits per heavy atom. The largest absolute Gasteiger partial charge is 0.319 e. The van der Waals surface area contributed by atoms with Gasteiger partial charge in [-0.1, -0.05) is 18.2 Å². The molecule has 0 saturated carbocycles. The minimum atomic E-state index is -0.303. The summed E-state index contributed by atoms with van der Waals surface area (Å²) >= 11 is 3.87. The van der Waals surface area contributed by atoms with Gasteiger partial charge < -0.3 is 10.6 Å². The summed E-state index contributed by atoms with van der Waals surface area (Å²) in [5.41, 5.74) is 3.73. The molecule has 0 atom stereocenters. The van der Waals surface area contributed by atoms with Gasteiger partial charge in [-0.25, -0.2) is 4.39 Å². The molecule has 0 radical (unpaired) electrons. The monoisotopic (exact) mass is 374 g/mol. The quantitative estimate of drug-likeness (QED) is 0.845. The van der Waals surface area contributed by atoms with E-state index in [1.807, 2.05) is 53.9 Å². The van der Waals surface area contributed by atoms with Crippen molar-refractivity contribution in [3.05, 3.63) is 64.5 Å². The van der Waals surface area contributed by atoms with E-state index in [9.17, 15) is 9.18 Å². The zero-order valence-corrected chi connectivity index (χ0v) is 15.3. The summed E-state index contributed by atoms with van der Waals surface area (Å²) in [6.07, 6.45) is 0.649. The zero-order valence-electron chi connectivity index (χ0n) is 13.7. The lowest BCUT2D eigenvalue weighted by Crippen LogP contribution is -2.25. The lowest BCUT2D eigenvalue weighted by Gasteiger charge is -2.19. The molecule has 2 aliphatic heterocycles. The van der Waals surface area contributed by atoms with E-state index in [0.717, 1.165) is 12.1 Å². The van der Waals surface area contributed by atoms with Crippen LogP contribution < -0.4 is 10.6 Å². The summed E-state index contributed by atoms with van der Waals surface area (Å²) in [6, 6.07) is 11.2. The molecule has 0 aromatic heterocycles. The molecular weight excluding hydrogens is 355 g/mol. The predicted octanol–water partition coefficient (Wildman–Crippen LogP) is 4.20. The highest BCUT2D eigenvalue weighted by Crippen LogP contribution is 2.45. The molecule has 4 rings (SSSR count). The Bertz CT molecular complexity index is 789. The normalized spacial score (nSPS) is 17.3. The van der Waals surface area contributed by atoms with Crippen LogP contribution in [0.5, 0.6) is 0 Å². The van der Waals surface area contributed by atoms with Crippen LogP contribution in [0.1, 0.15) is 31.6 Å². The van der Waals surface area contributed by atoms with E-state index in [1.165, 1.54) is 17.1 Å². The SMILES string of the molecule is O=C(Nc1ccc2c(c1F)CCNC2)c1ccc(C2SCCS2)cc1. The van der Waals surface area contributed by atoms with Crippen molar-refractivity contribution in [2.75, 3.05) is 23.4 Å². The number of benzene rings is 2. The maximum absolute atomic E-state index is 14.7. The average Bonchev–Trinajstić information content (AvgIpc) is 3.19. The molecule has 130 valence electrons. The fraction of sp³-hybridized carbons (Fsp3) is 0.316. The molecule has 6 heteroatoms. The Morgan fingerprint density at radius 1 is 1.12 bits per heavy atom. The number of thioether (sulfide) groups is 2. The van der Waals surface area contributed by atoms with Gasteiger partial charge in [-0.15, -0.1) is 23.5 Å². The second-order valence-electron chi connectivity index (χ2n) is 6.14. The van der Waals surface area contributed by atoms with Crippen LogP contribution in [-0.2, 0) is 13.0 Å². The third kappa shape index (κ3) is 3.57. The second-order valence-corrected chi connectivity index (χ2v) is 8.87. The van der Waals surface area contributed by atoms with Crippen molar-refractivity contribution in [2.24, 2.45) is 0 Å². The number of rotatable bonds is 3. The fourth-order valence-electron chi connectivity index (χ4n) is 3.17. The third-order valence-corrected chi connectivity index (χ3v) is 7.63. The fourth-order valence-corrected chi connectivity index (χ4v) is 6.03. The molecule has 2 aromatic carbocycles. The third-order valence-electron chi connectivity index (χ3n) is 4.52. The van der Waals surface area contributed by atoms with Crippen LogP contribution in [0.25, 0.3) is 0 Å². The predicted molar refractivity (Wildman–Crippen MR) is 104 cm³/mol.